The Hall–Kier alpha value is -3.06. The van der Waals surface area contributed by atoms with E-state index in [-0.39, 0.29) is 12.1 Å². The second-order valence-electron chi connectivity index (χ2n) is 10.3. The molecule has 2 atom stereocenters. The van der Waals surface area contributed by atoms with Crippen molar-refractivity contribution in [2.75, 3.05) is 4.90 Å². The van der Waals surface area contributed by atoms with Crippen LogP contribution in [-0.4, -0.2) is 20.8 Å². The molecule has 1 N–H and O–H groups in total. The first-order valence-electron chi connectivity index (χ1n) is 13.3. The number of halogens is 2. The Labute approximate surface area is 244 Å². The van der Waals surface area contributed by atoms with Crippen molar-refractivity contribution in [2.45, 2.75) is 57.7 Å². The molecular formula is C31H30Cl2N4OS. The number of aromatic nitrogens is 2. The van der Waals surface area contributed by atoms with Gasteiger partial charge in [-0.05, 0) is 118 Å². The number of hydrogen-bond donors (Lipinski definition) is 1. The third-order valence-electron chi connectivity index (χ3n) is 7.76. The predicted molar refractivity (Wildman–Crippen MR) is 163 cm³/mol. The Kier molecular flexibility index (Phi) is 7.27. The lowest BCUT2D eigenvalue weighted by Crippen LogP contribution is -2.29. The van der Waals surface area contributed by atoms with Gasteiger partial charge in [0.2, 0.25) is 0 Å². The molecule has 0 unspecified atom stereocenters. The highest BCUT2D eigenvalue weighted by Gasteiger charge is 2.42. The zero-order chi connectivity index (χ0) is 27.1. The Morgan fingerprint density at radius 1 is 0.974 bits per heavy atom. The van der Waals surface area contributed by atoms with Gasteiger partial charge in [-0.1, -0.05) is 29.3 Å². The molecule has 0 bridgehead atoms. The molecule has 1 saturated carbocycles. The van der Waals surface area contributed by atoms with Gasteiger partial charge in [0.05, 0.1) is 34.6 Å². The minimum absolute atomic E-state index is 0.125. The maximum absolute atomic E-state index is 6.65. The number of nitrogens with zero attached hydrogens (tertiary/aromatic N) is 3. The van der Waals surface area contributed by atoms with Crippen LogP contribution in [0.2, 0.25) is 10.0 Å². The smallest absolute Gasteiger partial charge is 0.174 e. The minimum atomic E-state index is -0.136. The second-order valence-corrected chi connectivity index (χ2v) is 11.5. The summed E-state index contributed by atoms with van der Waals surface area (Å²) < 4.78 is 8.41. The van der Waals surface area contributed by atoms with Crippen molar-refractivity contribution in [3.63, 3.8) is 0 Å². The van der Waals surface area contributed by atoms with Crippen LogP contribution < -0.4 is 15.0 Å². The Bertz CT molecular complexity index is 1500. The molecule has 0 spiro atoms. The molecular weight excluding hydrogens is 547 g/mol. The standard InChI is InChI=1S/C31H30Cl2N4OS/c1-19-17-25(20(2)36(19)28-15-10-21(32)18-26(28)33)30-29(27-9-5-6-16-34-27)35-31(39)37(30)22-11-13-24(14-12-22)38-23-7-3-4-8-23/h5-6,9-18,23,29-30H,3-4,7-8H2,1-2H3,(H,35,39)/t29-,30+/m1/s1. The summed E-state index contributed by atoms with van der Waals surface area (Å²) in [7, 11) is 0. The molecule has 200 valence electrons. The number of ether oxygens (including phenoxy) is 1. The van der Waals surface area contributed by atoms with Gasteiger partial charge in [-0.2, -0.15) is 0 Å². The molecule has 1 aliphatic carbocycles. The first-order chi connectivity index (χ1) is 18.9. The highest BCUT2D eigenvalue weighted by Crippen LogP contribution is 2.44. The van der Waals surface area contributed by atoms with E-state index >= 15 is 0 Å². The summed E-state index contributed by atoms with van der Waals surface area (Å²) >= 11 is 18.8. The molecule has 2 fully saturated rings. The van der Waals surface area contributed by atoms with E-state index in [0.717, 1.165) is 52.6 Å². The predicted octanol–water partition coefficient (Wildman–Crippen LogP) is 8.29. The molecule has 2 aliphatic rings. The van der Waals surface area contributed by atoms with Crippen molar-refractivity contribution in [3.05, 3.63) is 106 Å². The van der Waals surface area contributed by atoms with Crippen molar-refractivity contribution in [2.24, 2.45) is 0 Å². The maximum atomic E-state index is 6.65. The van der Waals surface area contributed by atoms with Gasteiger partial charge in [0.25, 0.3) is 0 Å². The molecule has 0 radical (unpaired) electrons. The molecule has 2 aromatic carbocycles. The van der Waals surface area contributed by atoms with Crippen molar-refractivity contribution in [3.8, 4) is 11.4 Å². The minimum Gasteiger partial charge on any atom is -0.490 e. The number of aryl methyl sites for hydroxylation is 1. The number of rotatable bonds is 6. The van der Waals surface area contributed by atoms with Crippen LogP contribution in [0.4, 0.5) is 5.69 Å². The molecule has 3 heterocycles. The van der Waals surface area contributed by atoms with E-state index in [2.05, 4.69) is 59.0 Å². The summed E-state index contributed by atoms with van der Waals surface area (Å²) in [5, 5.41) is 5.44. The summed E-state index contributed by atoms with van der Waals surface area (Å²) in [6.45, 7) is 4.22. The molecule has 1 aliphatic heterocycles. The quantitative estimate of drug-likeness (QED) is 0.234. The third kappa shape index (κ3) is 5.02. The molecule has 0 amide bonds. The van der Waals surface area contributed by atoms with Gasteiger partial charge >= 0.3 is 0 Å². The van der Waals surface area contributed by atoms with Gasteiger partial charge < -0.3 is 19.5 Å². The maximum Gasteiger partial charge on any atom is 0.174 e. The van der Waals surface area contributed by atoms with E-state index in [1.165, 1.54) is 12.8 Å². The Morgan fingerprint density at radius 2 is 1.74 bits per heavy atom. The van der Waals surface area contributed by atoms with E-state index in [0.29, 0.717) is 21.3 Å². The van der Waals surface area contributed by atoms with E-state index in [1.807, 2.05) is 36.5 Å². The lowest BCUT2D eigenvalue weighted by molar-refractivity contribution is 0.210. The summed E-state index contributed by atoms with van der Waals surface area (Å²) in [5.41, 5.74) is 6.13. The number of thiocarbonyl (C=S) groups is 1. The SMILES string of the molecule is Cc1cc([C@H]2[C@@H](c3ccccn3)NC(=S)N2c2ccc(OC3CCCC3)cc2)c(C)n1-c1ccc(Cl)cc1Cl. The number of hydrogen-bond acceptors (Lipinski definition) is 3. The highest BCUT2D eigenvalue weighted by atomic mass is 35.5. The molecule has 6 rings (SSSR count). The van der Waals surface area contributed by atoms with Crippen LogP contribution in [0.15, 0.2) is 72.9 Å². The van der Waals surface area contributed by atoms with Gasteiger partial charge in [-0.15, -0.1) is 0 Å². The fraction of sp³-hybridized carbons (Fsp3) is 0.290. The van der Waals surface area contributed by atoms with Gasteiger partial charge in [-0.25, -0.2) is 0 Å². The third-order valence-corrected chi connectivity index (χ3v) is 8.61. The highest BCUT2D eigenvalue weighted by molar-refractivity contribution is 7.80. The van der Waals surface area contributed by atoms with Crippen molar-refractivity contribution in [1.29, 1.82) is 0 Å². The topological polar surface area (TPSA) is 42.3 Å². The zero-order valence-electron chi connectivity index (χ0n) is 21.9. The Morgan fingerprint density at radius 3 is 2.44 bits per heavy atom. The molecule has 2 aromatic heterocycles. The summed E-state index contributed by atoms with van der Waals surface area (Å²) in [4.78, 5) is 6.90. The molecule has 8 heteroatoms. The van der Waals surface area contributed by atoms with Crippen molar-refractivity contribution < 1.29 is 4.74 Å². The molecule has 4 aromatic rings. The first kappa shape index (κ1) is 26.2. The summed E-state index contributed by atoms with van der Waals surface area (Å²) in [6, 6.07) is 21.9. The monoisotopic (exact) mass is 576 g/mol. The Balaban J connectivity index is 1.42. The summed E-state index contributed by atoms with van der Waals surface area (Å²) in [6.07, 6.45) is 6.88. The molecule has 1 saturated heterocycles. The number of nitrogens with one attached hydrogen (secondary N) is 1. The normalized spacial score (nSPS) is 19.5. The lowest BCUT2D eigenvalue weighted by Gasteiger charge is -2.28. The first-order valence-corrected chi connectivity index (χ1v) is 14.5. The van der Waals surface area contributed by atoms with Crippen LogP contribution in [0.5, 0.6) is 5.75 Å². The number of pyridine rings is 1. The van der Waals surface area contributed by atoms with Crippen LogP contribution in [0.3, 0.4) is 0 Å². The lowest BCUT2D eigenvalue weighted by atomic mass is 9.96. The van der Waals surface area contributed by atoms with Crippen LogP contribution in [-0.2, 0) is 0 Å². The fourth-order valence-corrected chi connectivity index (χ4v) is 6.79. The van der Waals surface area contributed by atoms with Gasteiger partial charge in [0, 0.05) is 28.3 Å². The van der Waals surface area contributed by atoms with Crippen LogP contribution in [0.25, 0.3) is 5.69 Å². The van der Waals surface area contributed by atoms with Gasteiger partial charge in [0.1, 0.15) is 5.75 Å². The van der Waals surface area contributed by atoms with Crippen LogP contribution >= 0.6 is 35.4 Å². The van der Waals surface area contributed by atoms with E-state index in [1.54, 1.807) is 6.07 Å². The van der Waals surface area contributed by atoms with Crippen molar-refractivity contribution >= 4 is 46.2 Å². The van der Waals surface area contributed by atoms with E-state index < -0.39 is 0 Å². The van der Waals surface area contributed by atoms with Crippen LogP contribution in [0, 0.1) is 13.8 Å². The molecule has 39 heavy (non-hydrogen) atoms. The largest absolute Gasteiger partial charge is 0.490 e. The van der Waals surface area contributed by atoms with Gasteiger partial charge in [0.15, 0.2) is 5.11 Å². The average Bonchev–Trinajstić information content (AvgIpc) is 3.63. The fourth-order valence-electron chi connectivity index (χ4n) is 5.95. The molecule has 5 nitrogen and oxygen atoms in total. The number of benzene rings is 2. The van der Waals surface area contributed by atoms with E-state index in [9.17, 15) is 0 Å². The van der Waals surface area contributed by atoms with E-state index in [4.69, 9.17) is 45.1 Å². The number of anilines is 1. The second kappa shape index (κ2) is 10.8. The summed E-state index contributed by atoms with van der Waals surface area (Å²) in [5.74, 6) is 0.900. The van der Waals surface area contributed by atoms with Crippen LogP contribution in [0.1, 0.15) is 60.4 Å². The van der Waals surface area contributed by atoms with Crippen molar-refractivity contribution in [1.82, 2.24) is 14.9 Å². The zero-order valence-corrected chi connectivity index (χ0v) is 24.2. The average molecular weight is 578 g/mol. The van der Waals surface area contributed by atoms with Gasteiger partial charge in [-0.3, -0.25) is 4.98 Å².